The van der Waals surface area contributed by atoms with Gasteiger partial charge in [0.15, 0.2) is 0 Å². The number of nitrogens with zero attached hydrogens (tertiary/aromatic N) is 2. The van der Waals surface area contributed by atoms with Crippen LogP contribution in [0.15, 0.2) is 60.7 Å². The lowest BCUT2D eigenvalue weighted by Gasteiger charge is -2.17. The zero-order valence-corrected chi connectivity index (χ0v) is 15.7. The van der Waals surface area contributed by atoms with Crippen molar-refractivity contribution < 1.29 is 14.7 Å². The van der Waals surface area contributed by atoms with Gasteiger partial charge in [-0.05, 0) is 48.9 Å². The third-order valence-electron chi connectivity index (χ3n) is 4.86. The molecule has 1 aliphatic rings. The van der Waals surface area contributed by atoms with Crippen LogP contribution in [0.2, 0.25) is 0 Å². The van der Waals surface area contributed by atoms with Gasteiger partial charge in [0.25, 0.3) is 11.8 Å². The van der Waals surface area contributed by atoms with E-state index in [9.17, 15) is 14.7 Å². The highest BCUT2D eigenvalue weighted by atomic mass is 32.1. The van der Waals surface area contributed by atoms with Crippen molar-refractivity contribution >= 4 is 39.1 Å². The van der Waals surface area contributed by atoms with Crippen molar-refractivity contribution in [3.63, 3.8) is 0 Å². The fraction of sp³-hybridized carbons (Fsp3) is 0.0455. The molecule has 6 heteroatoms. The number of thiazole rings is 1. The average Bonchev–Trinajstić information content (AvgIpc) is 3.24. The Kier molecular flexibility index (Phi) is 3.57. The molecule has 0 bridgehead atoms. The van der Waals surface area contributed by atoms with Gasteiger partial charge in [0.05, 0.1) is 32.6 Å². The quantitative estimate of drug-likeness (QED) is 0.504. The monoisotopic (exact) mass is 386 g/mol. The number of hydrogen-bond acceptors (Lipinski definition) is 5. The summed E-state index contributed by atoms with van der Waals surface area (Å²) in [5.41, 5.74) is 3.12. The molecule has 4 aromatic rings. The zero-order valence-electron chi connectivity index (χ0n) is 14.8. The average molecular weight is 386 g/mol. The van der Waals surface area contributed by atoms with Crippen LogP contribution in [0.3, 0.4) is 0 Å². The fourth-order valence-electron chi connectivity index (χ4n) is 3.46. The second kappa shape index (κ2) is 6.00. The smallest absolute Gasteiger partial charge is 0.266 e. The number of hydrogen-bond donors (Lipinski definition) is 1. The van der Waals surface area contributed by atoms with E-state index in [1.165, 1.54) is 11.3 Å². The highest BCUT2D eigenvalue weighted by Gasteiger charge is 2.36. The highest BCUT2D eigenvalue weighted by molar-refractivity contribution is 7.21. The van der Waals surface area contributed by atoms with Crippen molar-refractivity contribution in [2.45, 2.75) is 6.92 Å². The van der Waals surface area contributed by atoms with Crippen molar-refractivity contribution in [1.29, 1.82) is 0 Å². The molecule has 0 saturated carbocycles. The number of aryl methyl sites for hydroxylation is 1. The molecule has 0 fully saturated rings. The van der Waals surface area contributed by atoms with E-state index in [4.69, 9.17) is 0 Å². The summed E-state index contributed by atoms with van der Waals surface area (Å²) in [6.07, 6.45) is 0. The summed E-state index contributed by atoms with van der Waals surface area (Å²) in [7, 11) is 0. The van der Waals surface area contributed by atoms with Gasteiger partial charge in [0, 0.05) is 0 Å². The van der Waals surface area contributed by atoms with E-state index >= 15 is 0 Å². The number of fused-ring (bicyclic) bond motifs is 2. The predicted molar refractivity (Wildman–Crippen MR) is 109 cm³/mol. The molecule has 2 amide bonds. The summed E-state index contributed by atoms with van der Waals surface area (Å²) < 4.78 is 1.00. The van der Waals surface area contributed by atoms with Gasteiger partial charge in [0.2, 0.25) is 0 Å². The van der Waals surface area contributed by atoms with Gasteiger partial charge < -0.3 is 5.11 Å². The second-order valence-corrected chi connectivity index (χ2v) is 7.67. The van der Waals surface area contributed by atoms with E-state index in [2.05, 4.69) is 4.98 Å². The normalized spacial score (nSPS) is 13.4. The Morgan fingerprint density at radius 2 is 1.54 bits per heavy atom. The second-order valence-electron chi connectivity index (χ2n) is 6.64. The number of imide groups is 1. The zero-order chi connectivity index (χ0) is 19.4. The van der Waals surface area contributed by atoms with Crippen molar-refractivity contribution in [2.75, 3.05) is 4.90 Å². The number of carbonyl (C=O) groups excluding carboxylic acids is 2. The third-order valence-corrected chi connectivity index (χ3v) is 5.93. The number of benzene rings is 3. The molecule has 0 spiro atoms. The van der Waals surface area contributed by atoms with E-state index < -0.39 is 0 Å². The first-order valence-electron chi connectivity index (χ1n) is 8.72. The Morgan fingerprint density at radius 3 is 2.21 bits per heavy atom. The molecular formula is C22H14N2O3S. The fourth-order valence-corrected chi connectivity index (χ4v) is 4.45. The largest absolute Gasteiger partial charge is 0.507 e. The molecule has 0 unspecified atom stereocenters. The minimum Gasteiger partial charge on any atom is -0.507 e. The first kappa shape index (κ1) is 16.6. The molecule has 3 aromatic carbocycles. The maximum absolute atomic E-state index is 12.8. The number of rotatable bonds is 2. The summed E-state index contributed by atoms with van der Waals surface area (Å²) in [5, 5.41) is 11.3. The lowest BCUT2D eigenvalue weighted by molar-refractivity contribution is 0.0926. The molecule has 136 valence electrons. The summed E-state index contributed by atoms with van der Waals surface area (Å²) in [5.74, 6) is -0.624. The minimum absolute atomic E-state index is 0.0967. The first-order chi connectivity index (χ1) is 13.5. The number of carbonyl (C=O) groups is 2. The van der Waals surface area contributed by atoms with Crippen LogP contribution in [-0.4, -0.2) is 21.9 Å². The molecular weight excluding hydrogens is 372 g/mol. The molecule has 0 radical (unpaired) electrons. The summed E-state index contributed by atoms with van der Waals surface area (Å²) >= 11 is 1.45. The Morgan fingerprint density at radius 1 is 0.893 bits per heavy atom. The van der Waals surface area contributed by atoms with Crippen molar-refractivity contribution in [1.82, 2.24) is 4.98 Å². The lowest BCUT2D eigenvalue weighted by Crippen LogP contribution is -2.29. The lowest BCUT2D eigenvalue weighted by atomic mass is 10.1. The van der Waals surface area contributed by atoms with Gasteiger partial charge in [-0.15, -0.1) is 11.3 Å². The van der Waals surface area contributed by atoms with Crippen LogP contribution >= 0.6 is 11.3 Å². The topological polar surface area (TPSA) is 70.5 Å². The summed E-state index contributed by atoms with van der Waals surface area (Å²) in [4.78, 5) is 31.4. The molecule has 1 aromatic heterocycles. The summed E-state index contributed by atoms with van der Waals surface area (Å²) in [6.45, 7) is 1.74. The van der Waals surface area contributed by atoms with Gasteiger partial charge in [-0.2, -0.15) is 0 Å². The van der Waals surface area contributed by atoms with E-state index in [1.54, 1.807) is 43.3 Å². The predicted octanol–water partition coefficient (Wildman–Crippen LogP) is 4.78. The molecule has 1 N–H and O–H groups in total. The number of anilines is 1. The maximum atomic E-state index is 12.8. The molecule has 0 atom stereocenters. The summed E-state index contributed by atoms with van der Waals surface area (Å²) in [6, 6.07) is 17.8. The van der Waals surface area contributed by atoms with Crippen LogP contribution < -0.4 is 4.90 Å². The van der Waals surface area contributed by atoms with Crippen molar-refractivity contribution in [3.8, 4) is 16.3 Å². The third kappa shape index (κ3) is 2.35. The molecule has 1 aliphatic heterocycles. The first-order valence-corrected chi connectivity index (χ1v) is 9.53. The van der Waals surface area contributed by atoms with Gasteiger partial charge in [-0.25, -0.2) is 9.88 Å². The SMILES string of the molecule is Cc1cc(N2C(=O)c3ccccc3C2=O)cc(-c2nc3ccccc3s2)c1O. The van der Waals surface area contributed by atoms with Crippen molar-refractivity contribution in [3.05, 3.63) is 77.4 Å². The van der Waals surface area contributed by atoms with Gasteiger partial charge in [-0.1, -0.05) is 24.3 Å². The Bertz CT molecular complexity index is 1220. The standard InChI is InChI=1S/C22H14N2O3S/c1-12-10-13(24-21(26)14-6-2-3-7-15(14)22(24)27)11-16(19(12)25)20-23-17-8-4-5-9-18(17)28-20/h2-11,25H,1H3. The van der Waals surface area contributed by atoms with Gasteiger partial charge in [0.1, 0.15) is 10.8 Å². The molecule has 2 heterocycles. The molecule has 0 aliphatic carbocycles. The Labute approximate surface area is 164 Å². The molecule has 5 nitrogen and oxygen atoms in total. The Hall–Kier alpha value is -3.51. The van der Waals surface area contributed by atoms with Crippen LogP contribution in [0.1, 0.15) is 26.3 Å². The molecule has 0 saturated heterocycles. The number of aromatic hydroxyl groups is 1. The minimum atomic E-state index is -0.360. The number of para-hydroxylation sites is 1. The van der Waals surface area contributed by atoms with Crippen LogP contribution in [0.25, 0.3) is 20.8 Å². The number of phenols is 1. The number of aromatic nitrogens is 1. The van der Waals surface area contributed by atoms with Crippen LogP contribution in [-0.2, 0) is 0 Å². The van der Waals surface area contributed by atoms with E-state index in [0.29, 0.717) is 32.9 Å². The van der Waals surface area contributed by atoms with Crippen LogP contribution in [0.4, 0.5) is 5.69 Å². The molecule has 28 heavy (non-hydrogen) atoms. The van der Waals surface area contributed by atoms with Gasteiger partial charge in [-0.3, -0.25) is 9.59 Å². The molecule has 5 rings (SSSR count). The van der Waals surface area contributed by atoms with E-state index in [0.717, 1.165) is 15.1 Å². The highest BCUT2D eigenvalue weighted by Crippen LogP contribution is 2.41. The number of phenolic OH excluding ortho intramolecular Hbond substituents is 1. The maximum Gasteiger partial charge on any atom is 0.266 e. The van der Waals surface area contributed by atoms with E-state index in [-0.39, 0.29) is 17.6 Å². The Balaban J connectivity index is 1.67. The van der Waals surface area contributed by atoms with Crippen LogP contribution in [0, 0.1) is 6.92 Å². The number of amides is 2. The van der Waals surface area contributed by atoms with Crippen molar-refractivity contribution in [2.24, 2.45) is 0 Å². The van der Waals surface area contributed by atoms with Crippen LogP contribution in [0.5, 0.6) is 5.75 Å². The van der Waals surface area contributed by atoms with Gasteiger partial charge >= 0.3 is 0 Å². The van der Waals surface area contributed by atoms with E-state index in [1.807, 2.05) is 24.3 Å².